The molecule has 0 N–H and O–H groups in total. The largest absolute Gasteiger partial charge is 0.468 e. The van der Waals surface area contributed by atoms with Gasteiger partial charge < -0.3 is 14.2 Å². The van der Waals surface area contributed by atoms with Crippen molar-refractivity contribution in [3.05, 3.63) is 59.8 Å². The molecule has 2 aliphatic heterocycles. The van der Waals surface area contributed by atoms with Crippen LogP contribution in [0.15, 0.2) is 58.6 Å². The quantitative estimate of drug-likeness (QED) is 0.596. The highest BCUT2D eigenvalue weighted by atomic mass is 16.3. The first-order valence-corrected chi connectivity index (χ1v) is 9.53. The van der Waals surface area contributed by atoms with E-state index in [2.05, 4.69) is 98.0 Å². The Balaban J connectivity index is 1.69. The normalized spacial score (nSPS) is 18.0. The highest BCUT2D eigenvalue weighted by Crippen LogP contribution is 2.46. The van der Waals surface area contributed by atoms with Gasteiger partial charge in [-0.3, -0.25) is 5.01 Å². The lowest BCUT2D eigenvalue weighted by Crippen LogP contribution is -2.64. The fraction of sp³-hybridized carbons (Fsp3) is 0.273. The smallest absolute Gasteiger partial charge is 0.353 e. The molecule has 0 saturated carbocycles. The Kier molecular flexibility index (Phi) is 3.24. The molecule has 0 fully saturated rings. The molecular formula is C22H24BN3O. The van der Waals surface area contributed by atoms with Crippen molar-refractivity contribution in [2.45, 2.75) is 33.3 Å². The van der Waals surface area contributed by atoms with E-state index in [0.717, 1.165) is 11.2 Å². The standard InChI is InChI=1S/C22H24BN3O/c1-15-14-17-16-10-6-9-13-20(16)27-21(17)23(4)26(15)25-19-12-8-7-11-18(19)24(5)22(25,2)3/h6-14H,1-5H3. The first kappa shape index (κ1) is 16.4. The summed E-state index contributed by atoms with van der Waals surface area (Å²) in [7, 11) is 2.17. The van der Waals surface area contributed by atoms with E-state index in [1.165, 1.54) is 28.0 Å². The van der Waals surface area contributed by atoms with Gasteiger partial charge in [0.1, 0.15) is 16.9 Å². The van der Waals surface area contributed by atoms with E-state index < -0.39 is 0 Å². The average molecular weight is 357 g/mol. The first-order valence-electron chi connectivity index (χ1n) is 9.53. The molecular weight excluding hydrogens is 333 g/mol. The van der Waals surface area contributed by atoms with Gasteiger partial charge in [-0.2, -0.15) is 0 Å². The van der Waals surface area contributed by atoms with Crippen LogP contribution in [0.2, 0.25) is 6.82 Å². The number of para-hydroxylation sites is 3. The molecule has 0 radical (unpaired) electrons. The number of anilines is 2. The lowest BCUT2D eigenvalue weighted by molar-refractivity contribution is 0.346. The fourth-order valence-electron chi connectivity index (χ4n) is 4.60. The monoisotopic (exact) mass is 357 g/mol. The third-order valence-electron chi connectivity index (χ3n) is 6.15. The number of allylic oxidation sites excluding steroid dienone is 1. The van der Waals surface area contributed by atoms with Gasteiger partial charge in [-0.1, -0.05) is 37.2 Å². The summed E-state index contributed by atoms with van der Waals surface area (Å²) in [6, 6.07) is 16.9. The number of fused-ring (bicyclic) bond motifs is 4. The molecule has 5 heteroatoms. The minimum Gasteiger partial charge on any atom is -0.468 e. The molecule has 136 valence electrons. The molecule has 0 atom stereocenters. The van der Waals surface area contributed by atoms with E-state index in [4.69, 9.17) is 4.42 Å². The van der Waals surface area contributed by atoms with Crippen LogP contribution < -0.4 is 15.6 Å². The molecule has 3 heterocycles. The number of benzene rings is 2. The molecule has 0 bridgehead atoms. The van der Waals surface area contributed by atoms with Gasteiger partial charge in [0.15, 0.2) is 0 Å². The Bertz CT molecular complexity index is 1080. The molecule has 5 rings (SSSR count). The molecule has 4 nitrogen and oxygen atoms in total. The van der Waals surface area contributed by atoms with Crippen molar-refractivity contribution in [1.82, 2.24) is 4.92 Å². The molecule has 2 aromatic carbocycles. The molecule has 27 heavy (non-hydrogen) atoms. The van der Waals surface area contributed by atoms with Gasteiger partial charge in [0.25, 0.3) is 0 Å². The maximum atomic E-state index is 6.30. The van der Waals surface area contributed by atoms with E-state index in [1.54, 1.807) is 0 Å². The molecule has 0 aliphatic carbocycles. The van der Waals surface area contributed by atoms with Crippen LogP contribution >= 0.6 is 0 Å². The number of rotatable bonds is 1. The van der Waals surface area contributed by atoms with Gasteiger partial charge in [0.2, 0.25) is 0 Å². The molecule has 1 aromatic heterocycles. The summed E-state index contributed by atoms with van der Waals surface area (Å²) in [5.41, 5.74) is 6.71. The predicted octanol–water partition coefficient (Wildman–Crippen LogP) is 4.55. The second-order valence-electron chi connectivity index (χ2n) is 8.04. The molecule has 0 spiro atoms. The number of hydrogen-bond acceptors (Lipinski definition) is 4. The maximum absolute atomic E-state index is 6.30. The van der Waals surface area contributed by atoms with E-state index >= 15 is 0 Å². The summed E-state index contributed by atoms with van der Waals surface area (Å²) in [6.07, 6.45) is 2.26. The Labute approximate surface area is 160 Å². The van der Waals surface area contributed by atoms with Crippen LogP contribution in [0.4, 0.5) is 11.4 Å². The van der Waals surface area contributed by atoms with Crippen molar-refractivity contribution >= 4 is 40.9 Å². The van der Waals surface area contributed by atoms with E-state index in [9.17, 15) is 0 Å². The lowest BCUT2D eigenvalue weighted by Gasteiger charge is -2.49. The highest BCUT2D eigenvalue weighted by molar-refractivity contribution is 6.70. The summed E-state index contributed by atoms with van der Waals surface area (Å²) in [4.78, 5) is 4.73. The van der Waals surface area contributed by atoms with Crippen LogP contribution in [0.3, 0.4) is 0 Å². The Morgan fingerprint density at radius 2 is 1.63 bits per heavy atom. The van der Waals surface area contributed by atoms with Crippen molar-refractivity contribution < 1.29 is 4.42 Å². The molecule has 0 amide bonds. The Morgan fingerprint density at radius 1 is 0.963 bits per heavy atom. The molecule has 0 saturated heterocycles. The zero-order valence-corrected chi connectivity index (χ0v) is 16.5. The minimum atomic E-state index is -0.184. The van der Waals surface area contributed by atoms with Crippen LogP contribution in [0.1, 0.15) is 26.3 Å². The SMILES string of the molecule is CB1c2oc3ccccc3c2C=C(C)N1N1c2ccccc2N(C)C1(C)C. The predicted molar refractivity (Wildman–Crippen MR) is 114 cm³/mol. The second-order valence-corrected chi connectivity index (χ2v) is 8.04. The van der Waals surface area contributed by atoms with Crippen LogP contribution in [-0.2, 0) is 0 Å². The Morgan fingerprint density at radius 3 is 2.41 bits per heavy atom. The van der Waals surface area contributed by atoms with Crippen LogP contribution in [-0.4, -0.2) is 24.5 Å². The minimum absolute atomic E-state index is 0.108. The topological polar surface area (TPSA) is 22.9 Å². The summed E-state index contributed by atoms with van der Waals surface area (Å²) < 4.78 is 6.30. The number of nitrogens with zero attached hydrogens (tertiary/aromatic N) is 3. The summed E-state index contributed by atoms with van der Waals surface area (Å²) in [5.74, 6) is 0. The third-order valence-corrected chi connectivity index (χ3v) is 6.15. The fourth-order valence-corrected chi connectivity index (χ4v) is 4.60. The summed E-state index contributed by atoms with van der Waals surface area (Å²) >= 11 is 0. The number of furan rings is 1. The highest BCUT2D eigenvalue weighted by Gasteiger charge is 2.47. The van der Waals surface area contributed by atoms with Gasteiger partial charge in [-0.15, -0.1) is 0 Å². The zero-order chi connectivity index (χ0) is 18.9. The van der Waals surface area contributed by atoms with Crippen molar-refractivity contribution in [1.29, 1.82) is 0 Å². The lowest BCUT2D eigenvalue weighted by atomic mass is 9.58. The van der Waals surface area contributed by atoms with E-state index in [1.807, 2.05) is 6.07 Å². The average Bonchev–Trinajstić information content (AvgIpc) is 3.11. The molecule has 0 unspecified atom stereocenters. The van der Waals surface area contributed by atoms with Gasteiger partial charge in [-0.05, 0) is 45.0 Å². The van der Waals surface area contributed by atoms with Crippen molar-refractivity contribution in [2.24, 2.45) is 0 Å². The maximum Gasteiger partial charge on any atom is 0.353 e. The molecule has 2 aliphatic rings. The zero-order valence-electron chi connectivity index (χ0n) is 16.5. The van der Waals surface area contributed by atoms with Crippen LogP contribution in [0.5, 0.6) is 0 Å². The van der Waals surface area contributed by atoms with Crippen molar-refractivity contribution in [3.8, 4) is 0 Å². The molecule has 3 aromatic rings. The first-order chi connectivity index (χ1) is 12.9. The van der Waals surface area contributed by atoms with Gasteiger partial charge >= 0.3 is 6.85 Å². The van der Waals surface area contributed by atoms with Crippen molar-refractivity contribution in [2.75, 3.05) is 17.0 Å². The van der Waals surface area contributed by atoms with E-state index in [0.29, 0.717) is 0 Å². The Hall–Kier alpha value is -2.82. The van der Waals surface area contributed by atoms with E-state index in [-0.39, 0.29) is 12.5 Å². The van der Waals surface area contributed by atoms with Gasteiger partial charge in [0.05, 0.1) is 11.4 Å². The van der Waals surface area contributed by atoms with Gasteiger partial charge in [-0.25, -0.2) is 0 Å². The summed E-state index contributed by atoms with van der Waals surface area (Å²) in [6.45, 7) is 9.06. The van der Waals surface area contributed by atoms with Crippen molar-refractivity contribution in [3.63, 3.8) is 0 Å². The van der Waals surface area contributed by atoms with Gasteiger partial charge in [0, 0.05) is 23.7 Å². The van der Waals surface area contributed by atoms with Crippen LogP contribution in [0.25, 0.3) is 17.0 Å². The second kappa shape index (κ2) is 5.35. The number of hydrogen-bond donors (Lipinski definition) is 0. The number of hydrazine groups is 1. The van der Waals surface area contributed by atoms with Crippen LogP contribution in [0, 0.1) is 0 Å². The summed E-state index contributed by atoms with van der Waals surface area (Å²) in [5, 5.41) is 3.60. The third kappa shape index (κ3) is 2.05.